The van der Waals surface area contributed by atoms with Crippen LogP contribution in [0.3, 0.4) is 0 Å². The van der Waals surface area contributed by atoms with Gasteiger partial charge in [0, 0.05) is 37.3 Å². The summed E-state index contributed by atoms with van der Waals surface area (Å²) < 4.78 is 0. The second-order valence-corrected chi connectivity index (χ2v) is 7.20. The number of carbonyl (C=O) groups is 2. The first-order chi connectivity index (χ1) is 11.8. The number of amides is 1. The molecule has 0 saturated heterocycles. The molecule has 0 radical (unpaired) electrons. The molecular formula is C19H24N4O2. The molecule has 1 aliphatic rings. The third-order valence-electron chi connectivity index (χ3n) is 4.59. The molecule has 3 rings (SSSR count). The summed E-state index contributed by atoms with van der Waals surface area (Å²) in [6, 6.07) is 0. The summed E-state index contributed by atoms with van der Waals surface area (Å²) in [6.07, 6.45) is 2.67. The van der Waals surface area contributed by atoms with E-state index < -0.39 is 0 Å². The molecule has 0 aromatic carbocycles. The number of nitrogens with zero attached hydrogens (tertiary/aromatic N) is 3. The van der Waals surface area contributed by atoms with E-state index in [-0.39, 0.29) is 11.7 Å². The number of carbonyl (C=O) groups excluding carboxylic acids is 2. The normalized spacial score (nSPS) is 13.4. The van der Waals surface area contributed by atoms with E-state index in [9.17, 15) is 9.59 Å². The largest absolute Gasteiger partial charge is 0.355 e. The zero-order valence-electron chi connectivity index (χ0n) is 15.4. The van der Waals surface area contributed by atoms with E-state index in [0.717, 1.165) is 34.8 Å². The molecule has 6 heteroatoms. The number of rotatable bonds is 4. The Morgan fingerprint density at radius 3 is 2.60 bits per heavy atom. The van der Waals surface area contributed by atoms with Gasteiger partial charge in [0.15, 0.2) is 5.78 Å². The minimum Gasteiger partial charge on any atom is -0.355 e. The smallest absolute Gasteiger partial charge is 0.256 e. The molecule has 0 aliphatic carbocycles. The van der Waals surface area contributed by atoms with Gasteiger partial charge in [-0.05, 0) is 25.3 Å². The standard InChI is InChI=1S/C19H24N4O2/c1-10(2)6-16-20-7-14-8-23(9-15(14)22-16)19(25)17-11(3)18(13(5)24)21-12(17)4/h7,10,21H,6,8-9H2,1-5H3. The minimum atomic E-state index is -0.0674. The fourth-order valence-corrected chi connectivity index (χ4v) is 3.38. The summed E-state index contributed by atoms with van der Waals surface area (Å²) in [5, 5.41) is 0. The van der Waals surface area contributed by atoms with Crippen molar-refractivity contribution in [2.24, 2.45) is 5.92 Å². The predicted molar refractivity (Wildman–Crippen MR) is 94.4 cm³/mol. The second kappa shape index (κ2) is 6.43. The van der Waals surface area contributed by atoms with Crippen LogP contribution in [-0.4, -0.2) is 31.5 Å². The second-order valence-electron chi connectivity index (χ2n) is 7.20. The lowest BCUT2D eigenvalue weighted by Crippen LogP contribution is -2.26. The summed E-state index contributed by atoms with van der Waals surface area (Å²) in [5.41, 5.74) is 4.48. The number of nitrogens with one attached hydrogen (secondary N) is 1. The lowest BCUT2D eigenvalue weighted by Gasteiger charge is -2.15. The van der Waals surface area contributed by atoms with Crippen LogP contribution in [0.15, 0.2) is 6.20 Å². The van der Waals surface area contributed by atoms with Gasteiger partial charge in [-0.2, -0.15) is 0 Å². The van der Waals surface area contributed by atoms with Crippen LogP contribution >= 0.6 is 0 Å². The van der Waals surface area contributed by atoms with Crippen LogP contribution < -0.4 is 0 Å². The summed E-state index contributed by atoms with van der Waals surface area (Å²) >= 11 is 0. The SMILES string of the molecule is CC(=O)c1[nH]c(C)c(C(=O)N2Cc3cnc(CC(C)C)nc3C2)c1C. The van der Waals surface area contributed by atoms with Gasteiger partial charge in [0.2, 0.25) is 0 Å². The summed E-state index contributed by atoms with van der Waals surface area (Å²) in [4.78, 5) is 38.6. The number of aromatic nitrogens is 3. The molecule has 0 spiro atoms. The number of aryl methyl sites for hydroxylation is 1. The lowest BCUT2D eigenvalue weighted by molar-refractivity contribution is 0.0749. The van der Waals surface area contributed by atoms with Crippen LogP contribution in [-0.2, 0) is 19.5 Å². The van der Waals surface area contributed by atoms with Gasteiger partial charge in [0.05, 0.1) is 23.5 Å². The van der Waals surface area contributed by atoms with Gasteiger partial charge in [-0.3, -0.25) is 9.59 Å². The van der Waals surface area contributed by atoms with Crippen LogP contribution in [0.5, 0.6) is 0 Å². The Morgan fingerprint density at radius 1 is 1.28 bits per heavy atom. The molecule has 0 fully saturated rings. The number of fused-ring (bicyclic) bond motifs is 1. The van der Waals surface area contributed by atoms with Crippen LogP contribution in [0.4, 0.5) is 0 Å². The molecule has 0 saturated carbocycles. The third-order valence-corrected chi connectivity index (χ3v) is 4.59. The van der Waals surface area contributed by atoms with Crippen molar-refractivity contribution >= 4 is 11.7 Å². The maximum Gasteiger partial charge on any atom is 0.256 e. The highest BCUT2D eigenvalue weighted by Crippen LogP contribution is 2.26. The summed E-state index contributed by atoms with van der Waals surface area (Å²) in [6.45, 7) is 10.4. The quantitative estimate of drug-likeness (QED) is 0.868. The maximum atomic E-state index is 13.0. The van der Waals surface area contributed by atoms with Crippen molar-refractivity contribution in [1.82, 2.24) is 19.9 Å². The Kier molecular flexibility index (Phi) is 4.45. The van der Waals surface area contributed by atoms with Crippen molar-refractivity contribution in [3.05, 3.63) is 45.8 Å². The Hall–Kier alpha value is -2.50. The van der Waals surface area contributed by atoms with Crippen molar-refractivity contribution in [2.75, 3.05) is 0 Å². The molecule has 6 nitrogen and oxygen atoms in total. The van der Waals surface area contributed by atoms with Crippen molar-refractivity contribution in [3.63, 3.8) is 0 Å². The zero-order chi connectivity index (χ0) is 18.3. The Morgan fingerprint density at radius 2 is 2.00 bits per heavy atom. The number of hydrogen-bond acceptors (Lipinski definition) is 4. The molecule has 132 valence electrons. The van der Waals surface area contributed by atoms with Gasteiger partial charge in [0.1, 0.15) is 5.82 Å². The monoisotopic (exact) mass is 340 g/mol. The van der Waals surface area contributed by atoms with Gasteiger partial charge in [-0.1, -0.05) is 13.8 Å². The zero-order valence-corrected chi connectivity index (χ0v) is 15.4. The predicted octanol–water partition coefficient (Wildman–Crippen LogP) is 2.98. The molecule has 3 heterocycles. The highest BCUT2D eigenvalue weighted by Gasteiger charge is 2.30. The van der Waals surface area contributed by atoms with Crippen LogP contribution in [0.25, 0.3) is 0 Å². The number of ketones is 1. The van der Waals surface area contributed by atoms with E-state index in [4.69, 9.17) is 0 Å². The average Bonchev–Trinajstić information content (AvgIpc) is 3.06. The fourth-order valence-electron chi connectivity index (χ4n) is 3.38. The maximum absolute atomic E-state index is 13.0. The Bertz CT molecular complexity index is 851. The van der Waals surface area contributed by atoms with E-state index >= 15 is 0 Å². The molecule has 0 unspecified atom stereocenters. The first-order valence-corrected chi connectivity index (χ1v) is 8.61. The van der Waals surface area contributed by atoms with E-state index in [1.54, 1.807) is 4.90 Å². The van der Waals surface area contributed by atoms with Crippen LogP contribution in [0, 0.1) is 19.8 Å². The van der Waals surface area contributed by atoms with Crippen molar-refractivity contribution in [1.29, 1.82) is 0 Å². The Balaban J connectivity index is 1.85. The first-order valence-electron chi connectivity index (χ1n) is 8.61. The Labute approximate surface area is 147 Å². The number of Topliss-reactive ketones (excluding diaryl/α,β-unsaturated/α-hetero) is 1. The highest BCUT2D eigenvalue weighted by atomic mass is 16.2. The minimum absolute atomic E-state index is 0.0615. The van der Waals surface area contributed by atoms with Gasteiger partial charge >= 0.3 is 0 Å². The molecule has 1 N–H and O–H groups in total. The fraction of sp³-hybridized carbons (Fsp3) is 0.474. The number of hydrogen-bond donors (Lipinski definition) is 1. The molecule has 2 aromatic rings. The van der Waals surface area contributed by atoms with Crippen LogP contribution in [0.2, 0.25) is 0 Å². The summed E-state index contributed by atoms with van der Waals surface area (Å²) in [7, 11) is 0. The topological polar surface area (TPSA) is 79.0 Å². The van der Waals surface area contributed by atoms with Gasteiger partial charge in [-0.15, -0.1) is 0 Å². The molecule has 25 heavy (non-hydrogen) atoms. The highest BCUT2D eigenvalue weighted by molar-refractivity contribution is 6.02. The summed E-state index contributed by atoms with van der Waals surface area (Å²) in [5.74, 6) is 1.19. The lowest BCUT2D eigenvalue weighted by atomic mass is 10.1. The van der Waals surface area contributed by atoms with E-state index in [0.29, 0.717) is 30.3 Å². The average molecular weight is 340 g/mol. The molecular weight excluding hydrogens is 316 g/mol. The van der Waals surface area contributed by atoms with Crippen molar-refractivity contribution < 1.29 is 9.59 Å². The molecule has 1 aliphatic heterocycles. The van der Waals surface area contributed by atoms with E-state index in [1.807, 2.05) is 20.0 Å². The number of H-pyrrole nitrogens is 1. The molecule has 1 amide bonds. The molecule has 0 atom stereocenters. The van der Waals surface area contributed by atoms with Gasteiger partial charge in [0.25, 0.3) is 5.91 Å². The number of aromatic amines is 1. The third kappa shape index (κ3) is 3.21. The van der Waals surface area contributed by atoms with Gasteiger partial charge in [-0.25, -0.2) is 9.97 Å². The van der Waals surface area contributed by atoms with Gasteiger partial charge < -0.3 is 9.88 Å². The van der Waals surface area contributed by atoms with Crippen molar-refractivity contribution in [2.45, 2.75) is 54.1 Å². The first kappa shape index (κ1) is 17.3. The molecule has 0 bridgehead atoms. The molecule has 2 aromatic heterocycles. The van der Waals surface area contributed by atoms with E-state index in [2.05, 4.69) is 28.8 Å². The van der Waals surface area contributed by atoms with Crippen LogP contribution in [0.1, 0.15) is 70.0 Å². The van der Waals surface area contributed by atoms with Crippen molar-refractivity contribution in [3.8, 4) is 0 Å². The van der Waals surface area contributed by atoms with E-state index in [1.165, 1.54) is 6.92 Å².